The first-order valence-corrected chi connectivity index (χ1v) is 18.7. The molecule has 5 nitrogen and oxygen atoms in total. The molecule has 0 aliphatic heterocycles. The summed E-state index contributed by atoms with van der Waals surface area (Å²) in [5, 5.41) is 6.70. The Bertz CT molecular complexity index is 2380. The van der Waals surface area contributed by atoms with E-state index in [1.807, 2.05) is 50.4 Å². The first-order chi connectivity index (χ1) is 26.0. The number of ether oxygens (including phenoxy) is 1. The molecule has 0 amide bonds. The van der Waals surface area contributed by atoms with Crippen molar-refractivity contribution in [1.82, 2.24) is 19.3 Å². The van der Waals surface area contributed by atoms with Crippen LogP contribution in [0.5, 0.6) is 11.5 Å². The molecule has 1 aliphatic rings. The lowest BCUT2D eigenvalue weighted by molar-refractivity contribution is -0.187. The van der Waals surface area contributed by atoms with E-state index >= 15 is 0 Å². The molecule has 0 radical (unpaired) electrons. The van der Waals surface area contributed by atoms with E-state index in [1.165, 1.54) is 17.2 Å². The Balaban J connectivity index is 1.31. The molecule has 1 aliphatic carbocycles. The Morgan fingerprint density at radius 3 is 2.25 bits per heavy atom. The molecule has 0 saturated heterocycles. The van der Waals surface area contributed by atoms with E-state index in [-0.39, 0.29) is 30.0 Å². The molecule has 3 heterocycles. The second kappa shape index (κ2) is 14.5. The van der Waals surface area contributed by atoms with Crippen LogP contribution in [0.1, 0.15) is 81.8 Å². The minimum Gasteiger partial charge on any atom is -0.457 e. The summed E-state index contributed by atoms with van der Waals surface area (Å²) in [5.74, 6) is -1.66. The summed E-state index contributed by atoms with van der Waals surface area (Å²) in [5.41, 5.74) is 2.84. The van der Waals surface area contributed by atoms with Gasteiger partial charge in [-0.15, -0.1) is 0 Å². The lowest BCUT2D eigenvalue weighted by Gasteiger charge is -2.35. The van der Waals surface area contributed by atoms with Gasteiger partial charge in [0.25, 0.3) is 0 Å². The van der Waals surface area contributed by atoms with Crippen molar-refractivity contribution < 1.29 is 31.1 Å². The zero-order valence-electron chi connectivity index (χ0n) is 31.6. The van der Waals surface area contributed by atoms with Crippen LogP contribution in [0.4, 0.5) is 26.3 Å². The fourth-order valence-corrected chi connectivity index (χ4v) is 8.02. The van der Waals surface area contributed by atoms with Crippen LogP contribution in [0.3, 0.4) is 0 Å². The number of benzene rings is 3. The number of hydrogen-bond donors (Lipinski definition) is 0. The Morgan fingerprint density at radius 1 is 0.818 bits per heavy atom. The molecule has 3 aromatic heterocycles. The lowest BCUT2D eigenvalue weighted by Crippen LogP contribution is -2.36. The highest BCUT2D eigenvalue weighted by Crippen LogP contribution is 2.53. The van der Waals surface area contributed by atoms with Gasteiger partial charge in [-0.05, 0) is 92.0 Å². The zero-order chi connectivity index (χ0) is 39.4. The minimum atomic E-state index is -4.93. The number of pyridine rings is 1. The average Bonchev–Trinajstić information content (AvgIpc) is 3.63. The summed E-state index contributed by atoms with van der Waals surface area (Å²) in [7, 11) is 0. The topological polar surface area (TPSA) is 44.9 Å². The smallest absolute Gasteiger partial charge is 0.412 e. The van der Waals surface area contributed by atoms with Gasteiger partial charge in [0.2, 0.25) is 0 Å². The Morgan fingerprint density at radius 2 is 1.55 bits per heavy atom. The Labute approximate surface area is 316 Å². The molecule has 6 aromatic rings. The summed E-state index contributed by atoms with van der Waals surface area (Å²) < 4.78 is 96.7. The number of alkyl halides is 6. The van der Waals surface area contributed by atoms with E-state index in [4.69, 9.17) is 9.72 Å². The monoisotopic (exact) mass is 758 g/mol. The minimum absolute atomic E-state index is 0.00984. The van der Waals surface area contributed by atoms with Crippen LogP contribution in [0, 0.1) is 24.7 Å². The van der Waals surface area contributed by atoms with Gasteiger partial charge in [0, 0.05) is 51.9 Å². The van der Waals surface area contributed by atoms with Crippen LogP contribution in [0.2, 0.25) is 0 Å². The molecular formula is C44H44F6N4O. The second-order valence-corrected chi connectivity index (χ2v) is 15.4. The van der Waals surface area contributed by atoms with Gasteiger partial charge in [-0.3, -0.25) is 4.57 Å². The predicted molar refractivity (Wildman–Crippen MR) is 204 cm³/mol. The number of para-hydroxylation sites is 1. The highest BCUT2D eigenvalue weighted by atomic mass is 19.4. The van der Waals surface area contributed by atoms with Crippen LogP contribution < -0.4 is 4.74 Å². The molecule has 0 N–H and O–H groups in total. The molecule has 11 heteroatoms. The predicted octanol–water partition coefficient (Wildman–Crippen LogP) is 13.0. The van der Waals surface area contributed by atoms with Gasteiger partial charge in [0.05, 0.1) is 28.3 Å². The van der Waals surface area contributed by atoms with Gasteiger partial charge in [-0.2, -0.15) is 31.4 Å². The van der Waals surface area contributed by atoms with Crippen molar-refractivity contribution in [1.29, 1.82) is 0 Å². The van der Waals surface area contributed by atoms with Crippen molar-refractivity contribution in [2.45, 2.75) is 85.0 Å². The normalized spacial score (nSPS) is 17.4. The fraction of sp³-hybridized carbons (Fsp3) is 0.364. The molecule has 2 unspecified atom stereocenters. The fourth-order valence-electron chi connectivity index (χ4n) is 8.02. The van der Waals surface area contributed by atoms with Crippen LogP contribution in [0.25, 0.3) is 33.3 Å². The number of aryl methyl sites for hydroxylation is 1. The van der Waals surface area contributed by atoms with Crippen molar-refractivity contribution >= 4 is 21.8 Å². The number of allylic oxidation sites excluding steroid dienone is 2. The summed E-state index contributed by atoms with van der Waals surface area (Å²) in [6, 6.07) is 25.1. The van der Waals surface area contributed by atoms with E-state index in [0.717, 1.165) is 33.7 Å². The number of fused-ring (bicyclic) bond motifs is 3. The maximum absolute atomic E-state index is 14.5. The maximum atomic E-state index is 14.5. The third kappa shape index (κ3) is 7.37. The lowest BCUT2D eigenvalue weighted by atomic mass is 9.72. The summed E-state index contributed by atoms with van der Waals surface area (Å²) in [6.07, 6.45) is -7.50. The van der Waals surface area contributed by atoms with Crippen LogP contribution >= 0.6 is 0 Å². The first kappa shape index (κ1) is 38.2. The van der Waals surface area contributed by atoms with Gasteiger partial charge in [-0.1, -0.05) is 65.0 Å². The van der Waals surface area contributed by atoms with Crippen LogP contribution in [0.15, 0.2) is 96.7 Å². The molecule has 0 bridgehead atoms. The number of nitrogens with zero attached hydrogens (tertiary/aromatic N) is 4. The molecule has 3 aromatic carbocycles. The van der Waals surface area contributed by atoms with Crippen molar-refractivity contribution in [3.05, 3.63) is 119 Å². The SMILES string of the molecule is Cc1nn(-c2cccc(Oc3ccc4c5ccccc5n(-c5cc(C(C)C(C)C)ccn5)c4c3)c2)c(CC(C)C)c1C1C(C(F)(F)F)=CCC[C@@H]1C(F)(F)F. The summed E-state index contributed by atoms with van der Waals surface area (Å²) in [6.45, 7) is 11.9. The highest BCUT2D eigenvalue weighted by Gasteiger charge is 2.54. The van der Waals surface area contributed by atoms with E-state index in [2.05, 4.69) is 54.7 Å². The van der Waals surface area contributed by atoms with E-state index < -0.39 is 36.2 Å². The molecule has 7 rings (SSSR count). The van der Waals surface area contributed by atoms with Gasteiger partial charge < -0.3 is 4.74 Å². The van der Waals surface area contributed by atoms with Crippen molar-refractivity contribution in [3.8, 4) is 23.0 Å². The van der Waals surface area contributed by atoms with E-state index in [1.54, 1.807) is 24.3 Å². The quantitative estimate of drug-likeness (QED) is 0.109. The average molecular weight is 759 g/mol. The summed E-state index contributed by atoms with van der Waals surface area (Å²) >= 11 is 0. The van der Waals surface area contributed by atoms with Crippen LogP contribution in [-0.4, -0.2) is 31.7 Å². The third-order valence-corrected chi connectivity index (χ3v) is 10.9. The van der Waals surface area contributed by atoms with E-state index in [9.17, 15) is 26.3 Å². The number of aromatic nitrogens is 4. The molecule has 0 saturated carbocycles. The Hall–Kier alpha value is -5.06. The maximum Gasteiger partial charge on any atom is 0.412 e. The molecule has 288 valence electrons. The molecule has 0 spiro atoms. The second-order valence-electron chi connectivity index (χ2n) is 15.4. The van der Waals surface area contributed by atoms with Crippen molar-refractivity contribution in [2.24, 2.45) is 17.8 Å². The molecular weight excluding hydrogens is 714 g/mol. The van der Waals surface area contributed by atoms with Crippen LogP contribution in [-0.2, 0) is 6.42 Å². The van der Waals surface area contributed by atoms with Gasteiger partial charge in [-0.25, -0.2) is 9.67 Å². The number of halogens is 6. The van der Waals surface area contributed by atoms with Gasteiger partial charge in [0.15, 0.2) is 0 Å². The zero-order valence-corrected chi connectivity index (χ0v) is 31.6. The molecule has 3 atom stereocenters. The van der Waals surface area contributed by atoms with Crippen molar-refractivity contribution in [3.63, 3.8) is 0 Å². The molecule has 0 fully saturated rings. The standard InChI is InChI=1S/C44H44F6N4O/c1-25(2)21-39-41(42-35(43(45,46)47)14-10-15-36(42)44(48,49)50)28(6)52-54(39)30-11-9-12-31(23-30)55-32-17-18-34-33-13-7-8-16-37(33)53(38(34)24-32)40-22-29(19-20-51-40)27(5)26(3)4/h7-9,11-14,16-20,22-27,36,42H,10,15,21H2,1-6H3/t27?,36-,42?/m0/s1. The number of rotatable bonds is 9. The van der Waals surface area contributed by atoms with Gasteiger partial charge >= 0.3 is 12.4 Å². The number of hydrogen-bond acceptors (Lipinski definition) is 3. The molecule has 55 heavy (non-hydrogen) atoms. The highest BCUT2D eigenvalue weighted by molar-refractivity contribution is 6.09. The largest absolute Gasteiger partial charge is 0.457 e. The summed E-state index contributed by atoms with van der Waals surface area (Å²) in [4.78, 5) is 4.77. The first-order valence-electron chi connectivity index (χ1n) is 18.7. The Kier molecular flexibility index (Phi) is 10.1. The van der Waals surface area contributed by atoms with Crippen molar-refractivity contribution in [2.75, 3.05) is 0 Å². The van der Waals surface area contributed by atoms with E-state index in [0.29, 0.717) is 34.7 Å². The third-order valence-electron chi connectivity index (χ3n) is 10.9. The van der Waals surface area contributed by atoms with Gasteiger partial charge in [0.1, 0.15) is 17.3 Å².